The first kappa shape index (κ1) is 19.3. The molecule has 1 saturated heterocycles. The van der Waals surface area contributed by atoms with E-state index in [-0.39, 0.29) is 29.6 Å². The van der Waals surface area contributed by atoms with Crippen LogP contribution < -0.4 is 10.6 Å². The minimum absolute atomic E-state index is 0.0571. The number of anilines is 1. The van der Waals surface area contributed by atoms with Crippen molar-refractivity contribution in [3.63, 3.8) is 0 Å². The van der Waals surface area contributed by atoms with Gasteiger partial charge in [0.05, 0.1) is 5.92 Å². The molecule has 27 heavy (non-hydrogen) atoms. The molecule has 1 aromatic heterocycles. The van der Waals surface area contributed by atoms with E-state index < -0.39 is 0 Å². The molecule has 1 atom stereocenters. The van der Waals surface area contributed by atoms with Crippen LogP contribution in [0, 0.1) is 18.8 Å². The van der Waals surface area contributed by atoms with Gasteiger partial charge in [0.15, 0.2) is 0 Å². The number of amides is 3. The number of likely N-dealkylation sites (tertiary alicyclic amines) is 1. The third-order valence-corrected chi connectivity index (χ3v) is 5.12. The third-order valence-electron chi connectivity index (χ3n) is 5.12. The molecule has 146 valence electrons. The summed E-state index contributed by atoms with van der Waals surface area (Å²) in [5.74, 6) is 0.620. The molecule has 1 aromatic rings. The van der Waals surface area contributed by atoms with Gasteiger partial charge in [-0.1, -0.05) is 6.07 Å². The molecule has 1 saturated carbocycles. The smallest absolute Gasteiger partial charge is 0.230 e. The van der Waals surface area contributed by atoms with Crippen LogP contribution in [-0.2, 0) is 14.4 Å². The molecule has 1 aliphatic heterocycles. The SMILES string of the molecule is Cc1ccc(NC(=O)C2CCCN(C(=O)CCCNC(=O)C3CC3)C2)nc1. The fourth-order valence-electron chi connectivity index (χ4n) is 3.29. The second-order valence-corrected chi connectivity index (χ2v) is 7.56. The van der Waals surface area contributed by atoms with Crippen LogP contribution in [0.15, 0.2) is 18.3 Å². The van der Waals surface area contributed by atoms with Crippen molar-refractivity contribution < 1.29 is 14.4 Å². The number of rotatable bonds is 7. The summed E-state index contributed by atoms with van der Waals surface area (Å²) in [6.45, 7) is 3.63. The van der Waals surface area contributed by atoms with Gasteiger partial charge in [-0.3, -0.25) is 14.4 Å². The average Bonchev–Trinajstić information content (AvgIpc) is 3.52. The van der Waals surface area contributed by atoms with Gasteiger partial charge in [-0.05, 0) is 50.7 Å². The van der Waals surface area contributed by atoms with E-state index >= 15 is 0 Å². The maximum atomic E-state index is 12.5. The quantitative estimate of drug-likeness (QED) is 0.715. The second-order valence-electron chi connectivity index (χ2n) is 7.56. The van der Waals surface area contributed by atoms with Crippen LogP contribution in [0.4, 0.5) is 5.82 Å². The van der Waals surface area contributed by atoms with Crippen LogP contribution in [0.5, 0.6) is 0 Å². The van der Waals surface area contributed by atoms with E-state index in [0.717, 1.165) is 31.2 Å². The molecule has 3 rings (SSSR count). The zero-order valence-electron chi connectivity index (χ0n) is 15.9. The topological polar surface area (TPSA) is 91.4 Å². The predicted molar refractivity (Wildman–Crippen MR) is 102 cm³/mol. The standard InChI is InChI=1S/C20H28N4O3/c1-14-6-9-17(22-12-14)23-20(27)16-4-3-11-24(13-16)18(25)5-2-10-21-19(26)15-7-8-15/h6,9,12,15-16H,2-5,7-8,10-11,13H2,1H3,(H,21,26)(H,22,23,27). The first-order valence-corrected chi connectivity index (χ1v) is 9.82. The first-order valence-electron chi connectivity index (χ1n) is 9.82. The van der Waals surface area contributed by atoms with E-state index in [0.29, 0.717) is 38.3 Å². The molecular formula is C20H28N4O3. The number of aryl methyl sites for hydroxylation is 1. The Hall–Kier alpha value is -2.44. The minimum atomic E-state index is -0.208. The molecule has 7 nitrogen and oxygen atoms in total. The van der Waals surface area contributed by atoms with E-state index in [1.807, 2.05) is 13.0 Å². The Kier molecular flexibility index (Phi) is 6.42. The van der Waals surface area contributed by atoms with E-state index in [4.69, 9.17) is 0 Å². The van der Waals surface area contributed by atoms with Gasteiger partial charge >= 0.3 is 0 Å². The Balaban J connectivity index is 1.40. The molecule has 1 aliphatic carbocycles. The molecule has 2 aliphatic rings. The molecule has 2 N–H and O–H groups in total. The number of hydrogen-bond donors (Lipinski definition) is 2. The van der Waals surface area contributed by atoms with Gasteiger partial charge in [-0.25, -0.2) is 4.98 Å². The summed E-state index contributed by atoms with van der Waals surface area (Å²) in [6, 6.07) is 3.69. The predicted octanol–water partition coefficient (Wildman–Crippen LogP) is 1.87. The number of carbonyl (C=O) groups excluding carboxylic acids is 3. The summed E-state index contributed by atoms with van der Waals surface area (Å²) < 4.78 is 0. The Morgan fingerprint density at radius 3 is 2.67 bits per heavy atom. The number of nitrogens with zero attached hydrogens (tertiary/aromatic N) is 2. The van der Waals surface area contributed by atoms with Crippen LogP contribution in [-0.4, -0.2) is 47.2 Å². The highest BCUT2D eigenvalue weighted by Crippen LogP contribution is 2.28. The Labute approximate surface area is 159 Å². The van der Waals surface area contributed by atoms with Gasteiger partial charge in [-0.15, -0.1) is 0 Å². The summed E-state index contributed by atoms with van der Waals surface area (Å²) >= 11 is 0. The number of pyridine rings is 1. The fourth-order valence-corrected chi connectivity index (χ4v) is 3.29. The Morgan fingerprint density at radius 2 is 1.96 bits per heavy atom. The lowest BCUT2D eigenvalue weighted by Crippen LogP contribution is -2.44. The number of hydrogen-bond acceptors (Lipinski definition) is 4. The largest absolute Gasteiger partial charge is 0.356 e. The van der Waals surface area contributed by atoms with E-state index in [9.17, 15) is 14.4 Å². The number of carbonyl (C=O) groups is 3. The van der Waals surface area contributed by atoms with E-state index in [1.165, 1.54) is 0 Å². The van der Waals surface area contributed by atoms with Crippen LogP contribution in [0.3, 0.4) is 0 Å². The summed E-state index contributed by atoms with van der Waals surface area (Å²) in [4.78, 5) is 42.5. The lowest BCUT2D eigenvalue weighted by atomic mass is 9.96. The Morgan fingerprint density at radius 1 is 1.15 bits per heavy atom. The monoisotopic (exact) mass is 372 g/mol. The van der Waals surface area contributed by atoms with Crippen molar-refractivity contribution in [2.24, 2.45) is 11.8 Å². The van der Waals surface area contributed by atoms with Crippen molar-refractivity contribution in [1.29, 1.82) is 0 Å². The number of aromatic nitrogens is 1. The molecule has 7 heteroatoms. The molecule has 1 unspecified atom stereocenters. The fraction of sp³-hybridized carbons (Fsp3) is 0.600. The molecule has 3 amide bonds. The molecule has 2 fully saturated rings. The lowest BCUT2D eigenvalue weighted by molar-refractivity contribution is -0.135. The zero-order chi connectivity index (χ0) is 19.2. The van der Waals surface area contributed by atoms with Crippen LogP contribution >= 0.6 is 0 Å². The normalized spacial score (nSPS) is 19.4. The number of nitrogens with one attached hydrogen (secondary N) is 2. The zero-order valence-corrected chi connectivity index (χ0v) is 15.9. The van der Waals surface area contributed by atoms with Gasteiger partial charge in [0, 0.05) is 38.2 Å². The summed E-state index contributed by atoms with van der Waals surface area (Å²) in [5.41, 5.74) is 1.04. The highest BCUT2D eigenvalue weighted by Gasteiger charge is 2.30. The van der Waals surface area contributed by atoms with Crippen LogP contribution in [0.2, 0.25) is 0 Å². The highest BCUT2D eigenvalue weighted by molar-refractivity contribution is 5.92. The van der Waals surface area contributed by atoms with Gasteiger partial charge in [0.25, 0.3) is 0 Å². The second kappa shape index (κ2) is 8.97. The van der Waals surface area contributed by atoms with Crippen LogP contribution in [0.1, 0.15) is 44.1 Å². The average molecular weight is 372 g/mol. The van der Waals surface area contributed by atoms with Crippen molar-refractivity contribution in [1.82, 2.24) is 15.2 Å². The third kappa shape index (κ3) is 5.77. The van der Waals surface area contributed by atoms with Crippen LogP contribution in [0.25, 0.3) is 0 Å². The maximum Gasteiger partial charge on any atom is 0.230 e. The van der Waals surface area contributed by atoms with Crippen molar-refractivity contribution in [2.45, 2.75) is 45.4 Å². The van der Waals surface area contributed by atoms with Crippen molar-refractivity contribution in [3.8, 4) is 0 Å². The van der Waals surface area contributed by atoms with Gasteiger partial charge in [0.2, 0.25) is 17.7 Å². The lowest BCUT2D eigenvalue weighted by Gasteiger charge is -2.32. The van der Waals surface area contributed by atoms with Gasteiger partial charge in [-0.2, -0.15) is 0 Å². The van der Waals surface area contributed by atoms with Crippen molar-refractivity contribution in [3.05, 3.63) is 23.9 Å². The van der Waals surface area contributed by atoms with Crippen molar-refractivity contribution in [2.75, 3.05) is 25.0 Å². The number of piperidine rings is 1. The molecule has 2 heterocycles. The molecule has 0 radical (unpaired) electrons. The maximum absolute atomic E-state index is 12.5. The molecule has 0 aromatic carbocycles. The van der Waals surface area contributed by atoms with E-state index in [1.54, 1.807) is 17.2 Å². The van der Waals surface area contributed by atoms with Crippen molar-refractivity contribution >= 4 is 23.5 Å². The highest BCUT2D eigenvalue weighted by atomic mass is 16.2. The van der Waals surface area contributed by atoms with Gasteiger partial charge < -0.3 is 15.5 Å². The molecule has 0 bridgehead atoms. The van der Waals surface area contributed by atoms with E-state index in [2.05, 4.69) is 15.6 Å². The minimum Gasteiger partial charge on any atom is -0.356 e. The molecule has 0 spiro atoms. The summed E-state index contributed by atoms with van der Waals surface area (Å²) in [6.07, 6.45) is 6.33. The molecular weight excluding hydrogens is 344 g/mol. The summed E-state index contributed by atoms with van der Waals surface area (Å²) in [5, 5.41) is 5.72. The Bertz CT molecular complexity index is 685. The van der Waals surface area contributed by atoms with Gasteiger partial charge in [0.1, 0.15) is 5.82 Å². The first-order chi connectivity index (χ1) is 13.0. The summed E-state index contributed by atoms with van der Waals surface area (Å²) in [7, 11) is 0.